The van der Waals surface area contributed by atoms with Crippen LogP contribution in [0.1, 0.15) is 49.6 Å². The van der Waals surface area contributed by atoms with Crippen molar-refractivity contribution in [3.63, 3.8) is 0 Å². The van der Waals surface area contributed by atoms with E-state index in [1.54, 1.807) is 0 Å². The Kier molecular flexibility index (Phi) is 5.45. The Morgan fingerprint density at radius 2 is 1.93 bits per heavy atom. The van der Waals surface area contributed by atoms with Gasteiger partial charge in [0.25, 0.3) is 0 Å². The van der Waals surface area contributed by atoms with Gasteiger partial charge in [0, 0.05) is 29.9 Å². The number of ether oxygens (including phenoxy) is 1. The van der Waals surface area contributed by atoms with Crippen LogP contribution >= 0.6 is 0 Å². The molecule has 0 spiro atoms. The van der Waals surface area contributed by atoms with Crippen molar-refractivity contribution in [2.24, 2.45) is 11.1 Å². The summed E-state index contributed by atoms with van der Waals surface area (Å²) in [6, 6.07) is 6.37. The smallest absolute Gasteiger partial charge is 0.125 e. The maximum absolute atomic E-state index is 5.81. The second kappa shape index (κ2) is 7.91. The number of benzene rings is 1. The monoisotopic (exact) mass is 407 g/mol. The van der Waals surface area contributed by atoms with Crippen LogP contribution in [0.15, 0.2) is 18.2 Å². The first kappa shape index (κ1) is 20.7. The molecule has 4 rings (SSSR count). The lowest BCUT2D eigenvalue weighted by molar-refractivity contribution is 0.305. The molecule has 1 aliphatic rings. The van der Waals surface area contributed by atoms with Gasteiger partial charge in [0.05, 0.1) is 11.4 Å². The van der Waals surface area contributed by atoms with Crippen LogP contribution in [-0.4, -0.2) is 33.1 Å². The van der Waals surface area contributed by atoms with E-state index in [-0.39, 0.29) is 0 Å². The highest BCUT2D eigenvalue weighted by atomic mass is 16.5. The number of hydrogen-bond donors (Lipinski definition) is 2. The maximum atomic E-state index is 5.81. The van der Waals surface area contributed by atoms with Gasteiger partial charge in [-0.1, -0.05) is 13.8 Å². The number of fused-ring (bicyclic) bond motifs is 1. The van der Waals surface area contributed by atoms with Gasteiger partial charge in [0.1, 0.15) is 18.1 Å². The second-order valence-corrected chi connectivity index (χ2v) is 9.17. The number of nitrogens with one attached hydrogen (secondary N) is 1. The molecular weight excluding hydrogens is 374 g/mol. The molecule has 6 nitrogen and oxygen atoms in total. The molecule has 160 valence electrons. The van der Waals surface area contributed by atoms with E-state index in [1.807, 2.05) is 0 Å². The molecule has 0 saturated carbocycles. The average Bonchev–Trinajstić information content (AvgIpc) is 3.31. The molecule has 0 amide bonds. The molecule has 0 radical (unpaired) electrons. The van der Waals surface area contributed by atoms with Gasteiger partial charge < -0.3 is 10.5 Å². The summed E-state index contributed by atoms with van der Waals surface area (Å²) in [5.41, 5.74) is 14.9. The normalized spacial score (nSPS) is 15.3. The molecule has 1 aliphatic carbocycles. The molecule has 30 heavy (non-hydrogen) atoms. The Bertz CT molecular complexity index is 1040. The van der Waals surface area contributed by atoms with Crippen LogP contribution in [0.5, 0.6) is 5.75 Å². The van der Waals surface area contributed by atoms with Crippen molar-refractivity contribution in [3.05, 3.63) is 40.6 Å². The van der Waals surface area contributed by atoms with Gasteiger partial charge in [0.2, 0.25) is 0 Å². The molecule has 2 aromatic heterocycles. The van der Waals surface area contributed by atoms with Crippen molar-refractivity contribution in [1.29, 1.82) is 0 Å². The van der Waals surface area contributed by atoms with Gasteiger partial charge in [0.15, 0.2) is 0 Å². The topological polar surface area (TPSA) is 81.8 Å². The van der Waals surface area contributed by atoms with Crippen molar-refractivity contribution in [2.75, 3.05) is 13.2 Å². The summed E-state index contributed by atoms with van der Waals surface area (Å²) in [4.78, 5) is 0. The number of H-pyrrole nitrogens is 1. The SMILES string of the molecule is CCn1nc(-c2cc(-c3cc(C)c(OCCN)c(C)c3)n[nH]2)c2c1CC(C)(C)CC2. The lowest BCUT2D eigenvalue weighted by atomic mass is 9.76. The van der Waals surface area contributed by atoms with Crippen molar-refractivity contribution in [1.82, 2.24) is 20.0 Å². The second-order valence-electron chi connectivity index (χ2n) is 9.17. The van der Waals surface area contributed by atoms with E-state index < -0.39 is 0 Å². The van der Waals surface area contributed by atoms with E-state index in [0.717, 1.165) is 58.9 Å². The molecule has 0 saturated heterocycles. The van der Waals surface area contributed by atoms with Crippen LogP contribution in [0.4, 0.5) is 0 Å². The van der Waals surface area contributed by atoms with Crippen LogP contribution < -0.4 is 10.5 Å². The van der Waals surface area contributed by atoms with Gasteiger partial charge in [-0.15, -0.1) is 0 Å². The maximum Gasteiger partial charge on any atom is 0.125 e. The molecule has 6 heteroatoms. The van der Waals surface area contributed by atoms with Crippen molar-refractivity contribution in [2.45, 2.75) is 60.4 Å². The first-order valence-corrected chi connectivity index (χ1v) is 10.9. The van der Waals surface area contributed by atoms with Gasteiger partial charge in [-0.3, -0.25) is 9.78 Å². The van der Waals surface area contributed by atoms with Crippen LogP contribution in [-0.2, 0) is 19.4 Å². The van der Waals surface area contributed by atoms with E-state index in [4.69, 9.17) is 15.6 Å². The standard InChI is InChI=1S/C24H33N5O/c1-6-29-21-14-24(4,5)8-7-18(21)22(28-29)20-13-19(26-27-20)17-11-15(2)23(16(3)12-17)30-10-9-25/h11-13H,6-10,14,25H2,1-5H3,(H,26,27). The minimum Gasteiger partial charge on any atom is -0.492 e. The Balaban J connectivity index is 1.68. The zero-order chi connectivity index (χ0) is 21.5. The minimum absolute atomic E-state index is 0.332. The summed E-state index contributed by atoms with van der Waals surface area (Å²) in [5, 5.41) is 12.8. The number of aryl methyl sites for hydroxylation is 3. The highest BCUT2D eigenvalue weighted by molar-refractivity contribution is 5.70. The fourth-order valence-corrected chi connectivity index (χ4v) is 4.56. The number of hydrogen-bond acceptors (Lipinski definition) is 4. The highest BCUT2D eigenvalue weighted by Crippen LogP contribution is 2.39. The van der Waals surface area contributed by atoms with Crippen molar-refractivity contribution < 1.29 is 4.74 Å². The summed E-state index contributed by atoms with van der Waals surface area (Å²) < 4.78 is 7.98. The molecule has 0 unspecified atom stereocenters. The summed E-state index contributed by atoms with van der Waals surface area (Å²) in [6.07, 6.45) is 3.33. The third kappa shape index (κ3) is 3.76. The fourth-order valence-electron chi connectivity index (χ4n) is 4.56. The minimum atomic E-state index is 0.332. The number of nitrogens with two attached hydrogens (primary N) is 1. The molecular formula is C24H33N5O. The quantitative estimate of drug-likeness (QED) is 0.633. The first-order valence-electron chi connectivity index (χ1n) is 10.9. The Hall–Kier alpha value is -2.60. The molecule has 3 aromatic rings. The number of aromatic amines is 1. The lowest BCUT2D eigenvalue weighted by Gasteiger charge is -2.30. The van der Waals surface area contributed by atoms with Crippen LogP contribution in [0, 0.1) is 19.3 Å². The summed E-state index contributed by atoms with van der Waals surface area (Å²) in [5.74, 6) is 0.915. The molecule has 0 atom stereocenters. The number of nitrogens with zero attached hydrogens (tertiary/aromatic N) is 3. The highest BCUT2D eigenvalue weighted by Gasteiger charge is 2.31. The zero-order valence-electron chi connectivity index (χ0n) is 18.8. The Labute approximate surface area is 178 Å². The van der Waals surface area contributed by atoms with E-state index in [9.17, 15) is 0 Å². The van der Waals surface area contributed by atoms with Crippen molar-refractivity contribution in [3.8, 4) is 28.4 Å². The zero-order valence-corrected chi connectivity index (χ0v) is 18.8. The number of rotatable bonds is 6. The Morgan fingerprint density at radius 1 is 1.20 bits per heavy atom. The molecule has 0 aliphatic heterocycles. The predicted octanol–water partition coefficient (Wildman–Crippen LogP) is 4.43. The number of aromatic nitrogens is 4. The summed E-state index contributed by atoms with van der Waals surface area (Å²) in [6.45, 7) is 12.9. The molecule has 2 heterocycles. The summed E-state index contributed by atoms with van der Waals surface area (Å²) >= 11 is 0. The van der Waals surface area contributed by atoms with Crippen LogP contribution in [0.2, 0.25) is 0 Å². The first-order chi connectivity index (χ1) is 14.3. The van der Waals surface area contributed by atoms with Crippen LogP contribution in [0.3, 0.4) is 0 Å². The van der Waals surface area contributed by atoms with E-state index in [2.05, 4.69) is 67.7 Å². The third-order valence-corrected chi connectivity index (χ3v) is 6.12. The van der Waals surface area contributed by atoms with E-state index in [0.29, 0.717) is 18.6 Å². The predicted molar refractivity (Wildman–Crippen MR) is 121 cm³/mol. The molecule has 1 aromatic carbocycles. The van der Waals surface area contributed by atoms with Gasteiger partial charge in [-0.05, 0) is 74.8 Å². The summed E-state index contributed by atoms with van der Waals surface area (Å²) in [7, 11) is 0. The van der Waals surface area contributed by atoms with E-state index in [1.165, 1.54) is 17.7 Å². The van der Waals surface area contributed by atoms with Crippen LogP contribution in [0.25, 0.3) is 22.6 Å². The fraction of sp³-hybridized carbons (Fsp3) is 0.500. The Morgan fingerprint density at radius 3 is 2.60 bits per heavy atom. The van der Waals surface area contributed by atoms with Crippen molar-refractivity contribution >= 4 is 0 Å². The van der Waals surface area contributed by atoms with E-state index >= 15 is 0 Å². The van der Waals surface area contributed by atoms with Gasteiger partial charge >= 0.3 is 0 Å². The van der Waals surface area contributed by atoms with Gasteiger partial charge in [-0.25, -0.2) is 0 Å². The largest absolute Gasteiger partial charge is 0.492 e. The third-order valence-electron chi connectivity index (χ3n) is 6.12. The lowest BCUT2D eigenvalue weighted by Crippen LogP contribution is -2.24. The average molecular weight is 408 g/mol. The molecule has 3 N–H and O–H groups in total. The molecule has 0 fully saturated rings. The van der Waals surface area contributed by atoms with Gasteiger partial charge in [-0.2, -0.15) is 10.2 Å². The molecule has 0 bridgehead atoms.